The van der Waals surface area contributed by atoms with Crippen LogP contribution in [0.1, 0.15) is 42.1 Å². The molecule has 168 valence electrons. The molecule has 2 aliphatic heterocycles. The Morgan fingerprint density at radius 3 is 2.55 bits per heavy atom. The topological polar surface area (TPSA) is 107 Å². The highest BCUT2D eigenvalue weighted by molar-refractivity contribution is 6.22. The molecule has 5 atom stereocenters. The van der Waals surface area contributed by atoms with Crippen molar-refractivity contribution >= 4 is 17.7 Å². The lowest BCUT2D eigenvalue weighted by Crippen LogP contribution is -2.64. The molecule has 7 heteroatoms. The van der Waals surface area contributed by atoms with Gasteiger partial charge in [-0.2, -0.15) is 0 Å². The van der Waals surface area contributed by atoms with Crippen molar-refractivity contribution in [3.8, 4) is 16.9 Å². The monoisotopic (exact) mass is 444 g/mol. The van der Waals surface area contributed by atoms with Crippen molar-refractivity contribution in [1.29, 1.82) is 0 Å². The van der Waals surface area contributed by atoms with Gasteiger partial charge in [0.05, 0.1) is 29.7 Å². The van der Waals surface area contributed by atoms with Crippen LogP contribution < -0.4 is 9.84 Å². The van der Waals surface area contributed by atoms with Gasteiger partial charge in [0.25, 0.3) is 0 Å². The van der Waals surface area contributed by atoms with Gasteiger partial charge < -0.3 is 24.6 Å². The summed E-state index contributed by atoms with van der Waals surface area (Å²) in [6, 6.07) is 12.3. The molecule has 0 aromatic heterocycles. The number of β-lactam (4-membered cyclic amide) rings is 1. The number of hydrogen-bond donors (Lipinski definition) is 1. The lowest BCUT2D eigenvalue weighted by Gasteiger charge is -2.48. The highest BCUT2D eigenvalue weighted by atomic mass is 16.5. The minimum atomic E-state index is -1.40. The molecule has 1 saturated heterocycles. The summed E-state index contributed by atoms with van der Waals surface area (Å²) in [5.74, 6) is -2.13. The Bertz CT molecular complexity index is 1260. The number of aliphatic hydroxyl groups excluding tert-OH is 1. The number of carbonyl (C=O) groups is 3. The zero-order valence-electron chi connectivity index (χ0n) is 18.0. The van der Waals surface area contributed by atoms with E-state index >= 15 is 0 Å². The number of aliphatic carboxylic acids is 1. The molecule has 4 aliphatic rings. The number of carboxylic acids is 1. The Balaban J connectivity index is 1.42. The number of ketones is 1. The molecule has 2 aliphatic carbocycles. The first-order chi connectivity index (χ1) is 15.9. The number of rotatable bonds is 4. The van der Waals surface area contributed by atoms with Gasteiger partial charge in [0.1, 0.15) is 11.9 Å². The number of amides is 1. The van der Waals surface area contributed by atoms with Gasteiger partial charge in [-0.05, 0) is 37.8 Å². The number of carbonyl (C=O) groups excluding carboxylic acids is 3. The second kappa shape index (κ2) is 7.02. The first kappa shape index (κ1) is 20.2. The van der Waals surface area contributed by atoms with Gasteiger partial charge in [0, 0.05) is 28.2 Å². The number of benzene rings is 2. The van der Waals surface area contributed by atoms with E-state index < -0.39 is 24.1 Å². The van der Waals surface area contributed by atoms with Gasteiger partial charge in [0.15, 0.2) is 5.78 Å². The van der Waals surface area contributed by atoms with Crippen LogP contribution in [0, 0.1) is 11.8 Å². The Morgan fingerprint density at radius 1 is 1.09 bits per heavy atom. The van der Waals surface area contributed by atoms with Crippen LogP contribution in [0.4, 0.5) is 0 Å². The number of ether oxygens (including phenoxy) is 1. The number of aliphatic hydroxyl groups is 1. The minimum absolute atomic E-state index is 0.0578. The third-order valence-electron chi connectivity index (χ3n) is 7.54. The maximum Gasteiger partial charge on any atom is 0.235 e. The lowest BCUT2D eigenvalue weighted by molar-refractivity contribution is -0.301. The second-order valence-corrected chi connectivity index (χ2v) is 9.25. The van der Waals surface area contributed by atoms with E-state index in [4.69, 9.17) is 4.74 Å². The normalized spacial score (nSPS) is 28.0. The predicted molar refractivity (Wildman–Crippen MR) is 115 cm³/mol. The van der Waals surface area contributed by atoms with Crippen LogP contribution in [0.15, 0.2) is 53.7 Å². The fourth-order valence-electron chi connectivity index (χ4n) is 6.24. The SMILES string of the molecule is CC(O)C1C(=O)N2C(C(=O)[O-])=C3C(Oc4cccc5c4-c4ccccc4C5=O)CCCC3C12. The van der Waals surface area contributed by atoms with E-state index in [0.29, 0.717) is 28.9 Å². The summed E-state index contributed by atoms with van der Waals surface area (Å²) in [5, 5.41) is 22.3. The van der Waals surface area contributed by atoms with Crippen molar-refractivity contribution in [2.75, 3.05) is 0 Å². The first-order valence-corrected chi connectivity index (χ1v) is 11.3. The highest BCUT2D eigenvalue weighted by Gasteiger charge is 2.61. The predicted octanol–water partition coefficient (Wildman–Crippen LogP) is 1.67. The molecule has 2 aromatic rings. The Labute approximate surface area is 190 Å². The summed E-state index contributed by atoms with van der Waals surface area (Å²) in [7, 11) is 0. The van der Waals surface area contributed by atoms with Crippen molar-refractivity contribution in [3.05, 3.63) is 64.9 Å². The zero-order valence-corrected chi connectivity index (χ0v) is 18.0. The van der Waals surface area contributed by atoms with Gasteiger partial charge in [-0.3, -0.25) is 9.59 Å². The highest BCUT2D eigenvalue weighted by Crippen LogP contribution is 2.53. The van der Waals surface area contributed by atoms with Crippen molar-refractivity contribution < 1.29 is 29.3 Å². The molecule has 0 bridgehead atoms. The van der Waals surface area contributed by atoms with Crippen LogP contribution >= 0.6 is 0 Å². The van der Waals surface area contributed by atoms with Crippen molar-refractivity contribution in [2.45, 2.75) is 44.4 Å². The second-order valence-electron chi connectivity index (χ2n) is 9.25. The van der Waals surface area contributed by atoms with E-state index in [1.807, 2.05) is 18.2 Å². The summed E-state index contributed by atoms with van der Waals surface area (Å²) in [6.07, 6.45) is 0.698. The first-order valence-electron chi connectivity index (χ1n) is 11.3. The molecule has 6 rings (SSSR count). The van der Waals surface area contributed by atoms with E-state index in [9.17, 15) is 24.6 Å². The maximum atomic E-state index is 12.9. The van der Waals surface area contributed by atoms with E-state index in [2.05, 4.69) is 0 Å². The van der Waals surface area contributed by atoms with Crippen molar-refractivity contribution in [1.82, 2.24) is 4.90 Å². The fourth-order valence-corrected chi connectivity index (χ4v) is 6.24. The number of hydrogen-bond acceptors (Lipinski definition) is 6. The van der Waals surface area contributed by atoms with E-state index in [1.54, 1.807) is 31.2 Å². The summed E-state index contributed by atoms with van der Waals surface area (Å²) >= 11 is 0. The number of fused-ring (bicyclic) bond motifs is 6. The fraction of sp³-hybridized carbons (Fsp3) is 0.346. The molecule has 2 heterocycles. The number of nitrogens with zero attached hydrogens (tertiary/aromatic N) is 1. The third-order valence-corrected chi connectivity index (χ3v) is 7.54. The van der Waals surface area contributed by atoms with Crippen LogP contribution in [0.2, 0.25) is 0 Å². The maximum absolute atomic E-state index is 12.9. The molecule has 2 aromatic carbocycles. The Hall–Kier alpha value is -3.45. The van der Waals surface area contributed by atoms with Crippen LogP contribution in [0.3, 0.4) is 0 Å². The van der Waals surface area contributed by atoms with Gasteiger partial charge in [-0.1, -0.05) is 36.4 Å². The molecule has 7 nitrogen and oxygen atoms in total. The van der Waals surface area contributed by atoms with Crippen molar-refractivity contribution in [2.24, 2.45) is 11.8 Å². The zero-order chi connectivity index (χ0) is 23.0. The van der Waals surface area contributed by atoms with E-state index in [-0.39, 0.29) is 29.3 Å². The van der Waals surface area contributed by atoms with Crippen LogP contribution in [0.25, 0.3) is 11.1 Å². The molecule has 2 fully saturated rings. The molecule has 1 amide bonds. The average molecular weight is 444 g/mol. The molecule has 33 heavy (non-hydrogen) atoms. The lowest BCUT2D eigenvalue weighted by atomic mass is 9.71. The van der Waals surface area contributed by atoms with Gasteiger partial charge in [-0.25, -0.2) is 0 Å². The van der Waals surface area contributed by atoms with Gasteiger partial charge >= 0.3 is 0 Å². The van der Waals surface area contributed by atoms with Gasteiger partial charge in [0.2, 0.25) is 5.91 Å². The summed E-state index contributed by atoms with van der Waals surface area (Å²) in [6.45, 7) is 1.56. The Morgan fingerprint density at radius 2 is 1.82 bits per heavy atom. The van der Waals surface area contributed by atoms with Crippen LogP contribution in [-0.4, -0.2) is 45.9 Å². The van der Waals surface area contributed by atoms with Crippen LogP contribution in [-0.2, 0) is 9.59 Å². The molecule has 0 spiro atoms. The molecule has 1 saturated carbocycles. The standard InChI is InChI=1S/C26H23NO6/c1-12(28)19-22-15-8-4-11-18(21(15)23(26(31)32)27(22)25(19)30)33-17-10-5-9-16-20(17)13-6-2-3-7-14(13)24(16)29/h2-3,5-7,9-10,12,15,18-19,22,28H,4,8,11H2,1H3,(H,31,32)/p-1. The summed E-state index contributed by atoms with van der Waals surface area (Å²) in [5.41, 5.74) is 3.16. The largest absolute Gasteiger partial charge is 0.543 e. The quantitative estimate of drug-likeness (QED) is 0.614. The van der Waals surface area contributed by atoms with Crippen LogP contribution in [0.5, 0.6) is 5.75 Å². The summed E-state index contributed by atoms with van der Waals surface area (Å²) in [4.78, 5) is 39.0. The number of carboxylic acid groups (broad SMARTS) is 1. The smallest absolute Gasteiger partial charge is 0.235 e. The average Bonchev–Trinajstić information content (AvgIpc) is 3.25. The third kappa shape index (κ3) is 2.63. The Kier molecular flexibility index (Phi) is 4.29. The molecule has 0 radical (unpaired) electrons. The molecule has 5 unspecified atom stereocenters. The van der Waals surface area contributed by atoms with E-state index in [1.165, 1.54) is 4.90 Å². The van der Waals surface area contributed by atoms with Crippen molar-refractivity contribution in [3.63, 3.8) is 0 Å². The molecular weight excluding hydrogens is 422 g/mol. The van der Waals surface area contributed by atoms with E-state index in [0.717, 1.165) is 24.0 Å². The summed E-state index contributed by atoms with van der Waals surface area (Å²) < 4.78 is 6.45. The van der Waals surface area contributed by atoms with Gasteiger partial charge in [-0.15, -0.1) is 0 Å². The molecule has 1 N–H and O–H groups in total. The minimum Gasteiger partial charge on any atom is -0.543 e. The molecular formula is C26H22NO6-.